The Morgan fingerprint density at radius 2 is 1.93 bits per heavy atom. The van der Waals surface area contributed by atoms with Crippen molar-refractivity contribution in [2.75, 3.05) is 0 Å². The van der Waals surface area contributed by atoms with E-state index in [1.807, 2.05) is 36.4 Å². The molecule has 0 amide bonds. The number of pyridine rings is 1. The van der Waals surface area contributed by atoms with Gasteiger partial charge in [0.15, 0.2) is 0 Å². The van der Waals surface area contributed by atoms with E-state index in [2.05, 4.69) is 4.98 Å². The van der Waals surface area contributed by atoms with E-state index in [-0.39, 0.29) is 0 Å². The van der Waals surface area contributed by atoms with E-state index in [1.165, 1.54) is 0 Å². The summed E-state index contributed by atoms with van der Waals surface area (Å²) in [6, 6.07) is 11.3. The lowest BCUT2D eigenvalue weighted by Gasteiger charge is -2.06. The molecule has 0 aliphatic rings. The van der Waals surface area contributed by atoms with Gasteiger partial charge >= 0.3 is 0 Å². The summed E-state index contributed by atoms with van der Waals surface area (Å²) >= 11 is 0. The lowest BCUT2D eigenvalue weighted by molar-refractivity contribution is 0.306. The van der Waals surface area contributed by atoms with E-state index in [9.17, 15) is 0 Å². The van der Waals surface area contributed by atoms with Gasteiger partial charge in [0.05, 0.1) is 0 Å². The van der Waals surface area contributed by atoms with Crippen LogP contribution in [0.25, 0.3) is 0 Å². The third-order valence-corrected chi connectivity index (χ3v) is 2.01. The summed E-state index contributed by atoms with van der Waals surface area (Å²) in [4.78, 5) is 3.91. The van der Waals surface area contributed by atoms with Crippen molar-refractivity contribution in [1.29, 1.82) is 0 Å². The van der Waals surface area contributed by atoms with Crippen LogP contribution >= 0.6 is 0 Å². The molecule has 0 aliphatic heterocycles. The molecule has 0 fully saturated rings. The first-order valence-corrected chi connectivity index (χ1v) is 4.72. The van der Waals surface area contributed by atoms with Crippen LogP contribution in [0.5, 0.6) is 5.75 Å². The predicted octanol–water partition coefficient (Wildman–Crippen LogP) is 1.45. The molecule has 2 aromatic rings. The molecule has 0 saturated carbocycles. The van der Waals surface area contributed by atoms with Crippen molar-refractivity contribution < 1.29 is 4.74 Å². The van der Waals surface area contributed by atoms with Gasteiger partial charge in [-0.05, 0) is 17.7 Å². The molecule has 2 rings (SSSR count). The van der Waals surface area contributed by atoms with Crippen LogP contribution in [0.3, 0.4) is 0 Å². The van der Waals surface area contributed by atoms with Gasteiger partial charge < -0.3 is 4.74 Å². The second-order valence-electron chi connectivity index (χ2n) is 3.22. The van der Waals surface area contributed by atoms with Gasteiger partial charge in [-0.15, -0.1) is 0 Å². The molecular weight excluding hydrogens is 185 g/mol. The highest BCUT2D eigenvalue weighted by Gasteiger charge is 1.95. The van der Waals surface area contributed by atoms with E-state index in [1.54, 1.807) is 12.4 Å². The molecule has 0 spiro atoms. The minimum absolute atomic E-state index is 0.523. The van der Waals surface area contributed by atoms with Gasteiger partial charge in [-0.25, -0.2) is 0 Å². The van der Waals surface area contributed by atoms with Gasteiger partial charge in [-0.1, -0.05) is 29.7 Å². The second-order valence-corrected chi connectivity index (χ2v) is 3.22. The summed E-state index contributed by atoms with van der Waals surface area (Å²) in [5.41, 5.74) is 1.82. The summed E-state index contributed by atoms with van der Waals surface area (Å²) in [5.74, 6) is 0.812. The average molecular weight is 195 g/mol. The van der Waals surface area contributed by atoms with Crippen molar-refractivity contribution in [2.24, 2.45) is 0 Å². The average Bonchev–Trinajstić information content (AvgIpc) is 2.28. The molecule has 15 heavy (non-hydrogen) atoms. The summed E-state index contributed by atoms with van der Waals surface area (Å²) in [6.45, 7) is 0.523. The third kappa shape index (κ3) is 2.84. The fraction of sp³-hybridized carbons (Fsp3) is 0.0833. The van der Waals surface area contributed by atoms with Crippen molar-refractivity contribution in [3.05, 3.63) is 54.4 Å². The van der Waals surface area contributed by atoms with E-state index >= 15 is 0 Å². The Balaban J connectivity index is 1.99. The first-order valence-electron chi connectivity index (χ1n) is 4.72. The highest BCUT2D eigenvalue weighted by Crippen LogP contribution is 2.09. The Morgan fingerprint density at radius 1 is 1.13 bits per heavy atom. The van der Waals surface area contributed by atoms with Crippen molar-refractivity contribution in [2.45, 2.75) is 6.61 Å². The van der Waals surface area contributed by atoms with Crippen LogP contribution in [0.15, 0.2) is 48.8 Å². The van der Waals surface area contributed by atoms with E-state index in [0.717, 1.165) is 16.8 Å². The maximum Gasteiger partial charge on any atom is 0.122 e. The van der Waals surface area contributed by atoms with Crippen LogP contribution in [0.4, 0.5) is 0 Å². The minimum atomic E-state index is 0.523. The molecule has 0 unspecified atom stereocenters. The molecule has 0 N–H and O–H groups in total. The topological polar surface area (TPSA) is 22.1 Å². The van der Waals surface area contributed by atoms with Crippen LogP contribution in [0, 0.1) is 0 Å². The maximum atomic E-state index is 5.66. The Hall–Kier alpha value is -1.77. The van der Waals surface area contributed by atoms with Crippen molar-refractivity contribution in [3.8, 4) is 5.75 Å². The Labute approximate surface area is 90.3 Å². The predicted molar refractivity (Wildman–Crippen MR) is 60.4 cm³/mol. The first kappa shape index (κ1) is 9.78. The fourth-order valence-corrected chi connectivity index (χ4v) is 1.28. The van der Waals surface area contributed by atoms with Crippen LogP contribution in [-0.4, -0.2) is 12.8 Å². The largest absolute Gasteiger partial charge is 0.489 e. The van der Waals surface area contributed by atoms with Crippen molar-refractivity contribution in [1.82, 2.24) is 4.98 Å². The number of rotatable bonds is 3. The molecule has 0 saturated heterocycles. The molecule has 0 aliphatic carbocycles. The number of benzene rings is 1. The Bertz CT molecular complexity index is 431. The number of ether oxygens (including phenoxy) is 1. The van der Waals surface area contributed by atoms with E-state index in [0.29, 0.717) is 6.61 Å². The van der Waals surface area contributed by atoms with Gasteiger partial charge in [-0.2, -0.15) is 0 Å². The lowest BCUT2D eigenvalue weighted by Crippen LogP contribution is -2.04. The zero-order valence-electron chi connectivity index (χ0n) is 8.26. The number of hydrogen-bond acceptors (Lipinski definition) is 2. The highest BCUT2D eigenvalue weighted by molar-refractivity contribution is 6.32. The molecule has 1 aromatic carbocycles. The minimum Gasteiger partial charge on any atom is -0.489 e. The van der Waals surface area contributed by atoms with Crippen LogP contribution in [-0.2, 0) is 6.61 Å². The molecule has 2 radical (unpaired) electrons. The molecule has 72 valence electrons. The summed E-state index contributed by atoms with van der Waals surface area (Å²) < 4.78 is 5.55. The van der Waals surface area contributed by atoms with Crippen LogP contribution in [0.1, 0.15) is 5.56 Å². The van der Waals surface area contributed by atoms with Gasteiger partial charge in [0, 0.05) is 12.4 Å². The third-order valence-electron chi connectivity index (χ3n) is 2.01. The fourth-order valence-electron chi connectivity index (χ4n) is 1.28. The van der Waals surface area contributed by atoms with Crippen LogP contribution in [0.2, 0.25) is 0 Å². The molecule has 0 bridgehead atoms. The quantitative estimate of drug-likeness (QED) is 0.691. The summed E-state index contributed by atoms with van der Waals surface area (Å²) in [5, 5.41) is 0. The molecule has 3 heteroatoms. The molecule has 1 heterocycles. The Kier molecular flexibility index (Phi) is 3.03. The zero-order chi connectivity index (χ0) is 10.5. The van der Waals surface area contributed by atoms with Gasteiger partial charge in [0.2, 0.25) is 0 Å². The van der Waals surface area contributed by atoms with Gasteiger partial charge in [0.1, 0.15) is 20.2 Å². The van der Waals surface area contributed by atoms with Gasteiger partial charge in [0.25, 0.3) is 0 Å². The maximum absolute atomic E-state index is 5.66. The summed E-state index contributed by atoms with van der Waals surface area (Å²) in [6.07, 6.45) is 3.41. The van der Waals surface area contributed by atoms with Crippen molar-refractivity contribution in [3.63, 3.8) is 0 Å². The van der Waals surface area contributed by atoms with Crippen molar-refractivity contribution >= 4 is 13.3 Å². The lowest BCUT2D eigenvalue weighted by atomic mass is 9.95. The number of nitrogens with zero attached hydrogens (tertiary/aromatic N) is 1. The van der Waals surface area contributed by atoms with E-state index in [4.69, 9.17) is 12.6 Å². The standard InChI is InChI=1S/C12H10BNO/c13-11-3-1-2-10(8-11)9-15-12-4-6-14-7-5-12/h1-8H,9H2. The Morgan fingerprint density at radius 3 is 2.67 bits per heavy atom. The van der Waals surface area contributed by atoms with E-state index < -0.39 is 0 Å². The normalized spacial score (nSPS) is 9.87. The number of aromatic nitrogens is 1. The summed E-state index contributed by atoms with van der Waals surface area (Å²) in [7, 11) is 5.66. The van der Waals surface area contributed by atoms with Crippen LogP contribution < -0.4 is 10.2 Å². The monoisotopic (exact) mass is 195 g/mol. The molecular formula is C12H10BNO. The smallest absolute Gasteiger partial charge is 0.122 e. The highest BCUT2D eigenvalue weighted by atomic mass is 16.5. The second kappa shape index (κ2) is 4.64. The molecule has 2 nitrogen and oxygen atoms in total. The molecule has 1 aromatic heterocycles. The first-order chi connectivity index (χ1) is 7.34. The SMILES string of the molecule is [B]c1cccc(COc2ccncc2)c1. The van der Waals surface area contributed by atoms with Gasteiger partial charge in [-0.3, -0.25) is 4.98 Å². The zero-order valence-corrected chi connectivity index (χ0v) is 8.26. The molecule has 0 atom stereocenters. The number of hydrogen-bond donors (Lipinski definition) is 0.